The Morgan fingerprint density at radius 1 is 1.12 bits per heavy atom. The van der Waals surface area contributed by atoms with Gasteiger partial charge in [0.25, 0.3) is 0 Å². The predicted octanol–water partition coefficient (Wildman–Crippen LogP) is 2.59. The van der Waals surface area contributed by atoms with Crippen molar-refractivity contribution in [3.8, 4) is 0 Å². The second-order valence-corrected chi connectivity index (χ2v) is 5.37. The average Bonchev–Trinajstić information content (AvgIpc) is 2.33. The van der Waals surface area contributed by atoms with Gasteiger partial charge in [0.1, 0.15) is 0 Å². The van der Waals surface area contributed by atoms with E-state index < -0.39 is 11.7 Å². The standard InChI is InChI=1S/C15H22O2/c1-12-5-7-13(8-6-12)11-14(16)15(17)9-3-2-4-10-15/h5-8,14,16-17H,2-4,9-11H2,1H3. The number of hydrogen-bond donors (Lipinski definition) is 2. The summed E-state index contributed by atoms with van der Waals surface area (Å²) in [6.45, 7) is 2.05. The van der Waals surface area contributed by atoms with Crippen LogP contribution in [0.2, 0.25) is 0 Å². The quantitative estimate of drug-likeness (QED) is 0.844. The van der Waals surface area contributed by atoms with Crippen LogP contribution in [0.1, 0.15) is 43.2 Å². The molecule has 0 bridgehead atoms. The van der Waals surface area contributed by atoms with Crippen molar-refractivity contribution >= 4 is 0 Å². The third kappa shape index (κ3) is 3.08. The molecule has 2 N–H and O–H groups in total. The first-order valence-corrected chi connectivity index (χ1v) is 6.56. The van der Waals surface area contributed by atoms with Crippen molar-refractivity contribution in [2.75, 3.05) is 0 Å². The van der Waals surface area contributed by atoms with Crippen LogP contribution in [0.15, 0.2) is 24.3 Å². The fourth-order valence-electron chi connectivity index (χ4n) is 2.63. The van der Waals surface area contributed by atoms with Gasteiger partial charge in [-0.3, -0.25) is 0 Å². The molecule has 0 saturated heterocycles. The van der Waals surface area contributed by atoms with Crippen molar-refractivity contribution in [3.63, 3.8) is 0 Å². The summed E-state index contributed by atoms with van der Waals surface area (Å²) >= 11 is 0. The summed E-state index contributed by atoms with van der Waals surface area (Å²) in [6.07, 6.45) is 4.63. The van der Waals surface area contributed by atoms with Crippen LogP contribution in [0.4, 0.5) is 0 Å². The minimum atomic E-state index is -0.858. The highest BCUT2D eigenvalue weighted by atomic mass is 16.3. The summed E-state index contributed by atoms with van der Waals surface area (Å²) in [5.74, 6) is 0. The van der Waals surface area contributed by atoms with Gasteiger partial charge >= 0.3 is 0 Å². The molecule has 2 heteroatoms. The highest BCUT2D eigenvalue weighted by Gasteiger charge is 2.36. The number of rotatable bonds is 3. The molecule has 2 rings (SSSR count). The molecule has 0 spiro atoms. The molecule has 1 unspecified atom stereocenters. The highest BCUT2D eigenvalue weighted by molar-refractivity contribution is 5.22. The zero-order chi connectivity index (χ0) is 12.3. The molecule has 2 nitrogen and oxygen atoms in total. The maximum Gasteiger partial charge on any atom is 0.0908 e. The lowest BCUT2D eigenvalue weighted by atomic mass is 9.79. The highest BCUT2D eigenvalue weighted by Crippen LogP contribution is 2.32. The normalized spacial score (nSPS) is 21.1. The lowest BCUT2D eigenvalue weighted by Crippen LogP contribution is -2.45. The van der Waals surface area contributed by atoms with Gasteiger partial charge in [-0.15, -0.1) is 0 Å². The van der Waals surface area contributed by atoms with Crippen LogP contribution in [0, 0.1) is 6.92 Å². The van der Waals surface area contributed by atoms with E-state index in [0.717, 1.165) is 31.2 Å². The van der Waals surface area contributed by atoms with Gasteiger partial charge in [-0.25, -0.2) is 0 Å². The summed E-state index contributed by atoms with van der Waals surface area (Å²) in [5.41, 5.74) is 1.46. The van der Waals surface area contributed by atoms with Crippen LogP contribution in [0.25, 0.3) is 0 Å². The van der Waals surface area contributed by atoms with Gasteiger partial charge < -0.3 is 10.2 Å². The number of aliphatic hydroxyl groups is 2. The summed E-state index contributed by atoms with van der Waals surface area (Å²) in [5, 5.41) is 20.6. The summed E-state index contributed by atoms with van der Waals surface area (Å²) < 4.78 is 0. The van der Waals surface area contributed by atoms with Crippen molar-refractivity contribution in [2.24, 2.45) is 0 Å². The third-order valence-corrected chi connectivity index (χ3v) is 3.89. The minimum absolute atomic E-state index is 0.552. The largest absolute Gasteiger partial charge is 0.390 e. The van der Waals surface area contributed by atoms with Crippen molar-refractivity contribution in [1.82, 2.24) is 0 Å². The van der Waals surface area contributed by atoms with Crippen LogP contribution in [-0.2, 0) is 6.42 Å². The predicted molar refractivity (Wildman–Crippen MR) is 68.9 cm³/mol. The Labute approximate surface area is 103 Å². The van der Waals surface area contributed by atoms with Crippen LogP contribution in [0.5, 0.6) is 0 Å². The van der Waals surface area contributed by atoms with E-state index in [1.807, 2.05) is 24.3 Å². The second kappa shape index (κ2) is 5.19. The van der Waals surface area contributed by atoms with Gasteiger partial charge in [-0.05, 0) is 25.3 Å². The van der Waals surface area contributed by atoms with Crippen LogP contribution in [0.3, 0.4) is 0 Å². The molecule has 1 saturated carbocycles. The molecule has 0 heterocycles. The molecule has 94 valence electrons. The van der Waals surface area contributed by atoms with E-state index in [1.165, 1.54) is 12.0 Å². The van der Waals surface area contributed by atoms with Crippen molar-refractivity contribution in [1.29, 1.82) is 0 Å². The minimum Gasteiger partial charge on any atom is -0.390 e. The summed E-state index contributed by atoms with van der Waals surface area (Å²) in [4.78, 5) is 0. The molecule has 1 aromatic rings. The van der Waals surface area contributed by atoms with Crippen molar-refractivity contribution < 1.29 is 10.2 Å². The molecule has 0 aliphatic heterocycles. The van der Waals surface area contributed by atoms with Crippen LogP contribution < -0.4 is 0 Å². The smallest absolute Gasteiger partial charge is 0.0908 e. The molecule has 1 fully saturated rings. The zero-order valence-electron chi connectivity index (χ0n) is 10.5. The van der Waals surface area contributed by atoms with Crippen LogP contribution in [-0.4, -0.2) is 21.9 Å². The number of aliphatic hydroxyl groups excluding tert-OH is 1. The molecule has 1 atom stereocenters. The van der Waals surface area contributed by atoms with E-state index in [1.54, 1.807) is 0 Å². The van der Waals surface area contributed by atoms with E-state index in [2.05, 4.69) is 6.92 Å². The van der Waals surface area contributed by atoms with E-state index in [-0.39, 0.29) is 0 Å². The first-order chi connectivity index (χ1) is 8.10. The van der Waals surface area contributed by atoms with Crippen molar-refractivity contribution in [3.05, 3.63) is 35.4 Å². The molecule has 1 aliphatic carbocycles. The van der Waals surface area contributed by atoms with E-state index in [9.17, 15) is 10.2 Å². The monoisotopic (exact) mass is 234 g/mol. The SMILES string of the molecule is Cc1ccc(CC(O)C2(O)CCCCC2)cc1. The van der Waals surface area contributed by atoms with E-state index >= 15 is 0 Å². The third-order valence-electron chi connectivity index (χ3n) is 3.89. The fraction of sp³-hybridized carbons (Fsp3) is 0.600. The maximum atomic E-state index is 10.4. The second-order valence-electron chi connectivity index (χ2n) is 5.37. The lowest BCUT2D eigenvalue weighted by Gasteiger charge is -2.36. The number of aryl methyl sites for hydroxylation is 1. The lowest BCUT2D eigenvalue weighted by molar-refractivity contribution is -0.0960. The van der Waals surface area contributed by atoms with Crippen LogP contribution >= 0.6 is 0 Å². The van der Waals surface area contributed by atoms with Gasteiger partial charge in [0.15, 0.2) is 0 Å². The van der Waals surface area contributed by atoms with E-state index in [4.69, 9.17) is 0 Å². The Bertz CT molecular complexity index is 350. The molecular formula is C15H22O2. The molecular weight excluding hydrogens is 212 g/mol. The Morgan fingerprint density at radius 2 is 1.71 bits per heavy atom. The first kappa shape index (κ1) is 12.6. The van der Waals surface area contributed by atoms with Gasteiger partial charge in [-0.1, -0.05) is 49.1 Å². The molecule has 0 aromatic heterocycles. The van der Waals surface area contributed by atoms with Gasteiger partial charge in [0, 0.05) is 6.42 Å². The molecule has 0 amide bonds. The Kier molecular flexibility index (Phi) is 3.85. The van der Waals surface area contributed by atoms with Gasteiger partial charge in [0.05, 0.1) is 11.7 Å². The Hall–Kier alpha value is -0.860. The molecule has 0 radical (unpaired) electrons. The Morgan fingerprint density at radius 3 is 2.29 bits per heavy atom. The summed E-state index contributed by atoms with van der Waals surface area (Å²) in [6, 6.07) is 8.16. The molecule has 1 aliphatic rings. The number of benzene rings is 1. The topological polar surface area (TPSA) is 40.5 Å². The number of hydrogen-bond acceptors (Lipinski definition) is 2. The Balaban J connectivity index is 2.00. The first-order valence-electron chi connectivity index (χ1n) is 6.56. The average molecular weight is 234 g/mol. The fourth-order valence-corrected chi connectivity index (χ4v) is 2.63. The van der Waals surface area contributed by atoms with Gasteiger partial charge in [-0.2, -0.15) is 0 Å². The molecule has 1 aromatic carbocycles. The van der Waals surface area contributed by atoms with Gasteiger partial charge in [0.2, 0.25) is 0 Å². The maximum absolute atomic E-state index is 10.4. The molecule has 17 heavy (non-hydrogen) atoms. The summed E-state index contributed by atoms with van der Waals surface area (Å²) in [7, 11) is 0. The zero-order valence-corrected chi connectivity index (χ0v) is 10.5. The van der Waals surface area contributed by atoms with Crippen molar-refractivity contribution in [2.45, 2.75) is 57.2 Å². The van der Waals surface area contributed by atoms with E-state index in [0.29, 0.717) is 6.42 Å².